The molecule has 2 heterocycles. The Kier molecular flexibility index (Phi) is 3.70. The van der Waals surface area contributed by atoms with Gasteiger partial charge in [0, 0.05) is 19.7 Å². The minimum absolute atomic E-state index is 0.0687. The predicted molar refractivity (Wildman–Crippen MR) is 66.8 cm³/mol. The van der Waals surface area contributed by atoms with Crippen molar-refractivity contribution >= 4 is 27.3 Å². The van der Waals surface area contributed by atoms with Crippen molar-refractivity contribution in [1.82, 2.24) is 20.4 Å². The van der Waals surface area contributed by atoms with Crippen molar-refractivity contribution in [3.63, 3.8) is 0 Å². The van der Waals surface area contributed by atoms with Gasteiger partial charge in [-0.3, -0.25) is 16.0 Å². The van der Waals surface area contributed by atoms with Crippen LogP contribution in [0.5, 0.6) is 0 Å². The van der Waals surface area contributed by atoms with Crippen LogP contribution in [-0.2, 0) is 13.5 Å². The molecule has 2 aromatic rings. The van der Waals surface area contributed by atoms with Crippen LogP contribution in [0.25, 0.3) is 0 Å². The number of aromatic nitrogens is 3. The summed E-state index contributed by atoms with van der Waals surface area (Å²) in [7, 11) is 1.85. The van der Waals surface area contributed by atoms with Gasteiger partial charge in [0.05, 0.1) is 15.5 Å². The first kappa shape index (κ1) is 11.7. The fraction of sp³-hybridized carbons (Fsp3) is 0.333. The van der Waals surface area contributed by atoms with Crippen molar-refractivity contribution in [2.45, 2.75) is 12.5 Å². The number of rotatable bonds is 4. The van der Waals surface area contributed by atoms with Gasteiger partial charge in [-0.1, -0.05) is 5.21 Å². The maximum Gasteiger partial charge on any atom is 0.0846 e. The lowest BCUT2D eigenvalue weighted by atomic mass is 10.1. The normalized spacial score (nSPS) is 12.9. The number of halogens is 1. The minimum atomic E-state index is 0.0687. The molecule has 0 saturated heterocycles. The standard InChI is InChI=1S/C9H12BrN5S/c1-15-4-7(13-14-15)3-8(12-11)6-2-9(10)16-5-6/h2,4-5,8,12H,3,11H2,1H3. The van der Waals surface area contributed by atoms with Gasteiger partial charge in [0.25, 0.3) is 0 Å². The van der Waals surface area contributed by atoms with E-state index in [9.17, 15) is 0 Å². The van der Waals surface area contributed by atoms with E-state index in [1.807, 2.05) is 13.2 Å². The number of nitrogens with zero attached hydrogens (tertiary/aromatic N) is 3. The summed E-state index contributed by atoms with van der Waals surface area (Å²) in [5.74, 6) is 5.55. The third-order valence-corrected chi connectivity index (χ3v) is 3.78. The molecule has 86 valence electrons. The molecule has 3 N–H and O–H groups in total. The number of aryl methyl sites for hydroxylation is 1. The van der Waals surface area contributed by atoms with E-state index >= 15 is 0 Å². The van der Waals surface area contributed by atoms with Crippen LogP contribution in [0.1, 0.15) is 17.3 Å². The molecule has 0 radical (unpaired) electrons. The van der Waals surface area contributed by atoms with Gasteiger partial charge in [-0.2, -0.15) is 0 Å². The molecule has 2 aromatic heterocycles. The quantitative estimate of drug-likeness (QED) is 0.661. The zero-order valence-corrected chi connectivity index (χ0v) is 11.1. The Morgan fingerprint density at radius 3 is 3.00 bits per heavy atom. The van der Waals surface area contributed by atoms with Crippen molar-refractivity contribution in [3.8, 4) is 0 Å². The van der Waals surface area contributed by atoms with E-state index in [0.717, 1.165) is 21.5 Å². The molecule has 0 saturated carbocycles. The van der Waals surface area contributed by atoms with Gasteiger partial charge in [-0.05, 0) is 32.9 Å². The monoisotopic (exact) mass is 301 g/mol. The molecule has 2 rings (SSSR count). The fourth-order valence-corrected chi connectivity index (χ4v) is 2.71. The Bertz CT molecular complexity index is 466. The Morgan fingerprint density at radius 2 is 2.50 bits per heavy atom. The molecule has 1 unspecified atom stereocenters. The number of hydrazine groups is 1. The number of nitrogens with one attached hydrogen (secondary N) is 1. The lowest BCUT2D eigenvalue weighted by Crippen LogP contribution is -2.29. The molecule has 0 aromatic carbocycles. The lowest BCUT2D eigenvalue weighted by Gasteiger charge is -2.12. The number of hydrogen-bond donors (Lipinski definition) is 2. The van der Waals surface area contributed by atoms with Gasteiger partial charge in [0.2, 0.25) is 0 Å². The zero-order valence-electron chi connectivity index (χ0n) is 8.72. The highest BCUT2D eigenvalue weighted by Gasteiger charge is 2.14. The van der Waals surface area contributed by atoms with E-state index in [1.54, 1.807) is 16.0 Å². The molecule has 0 aliphatic rings. The van der Waals surface area contributed by atoms with E-state index in [0.29, 0.717) is 0 Å². The van der Waals surface area contributed by atoms with Gasteiger partial charge in [0.15, 0.2) is 0 Å². The first-order valence-electron chi connectivity index (χ1n) is 4.74. The van der Waals surface area contributed by atoms with Crippen LogP contribution in [0.2, 0.25) is 0 Å². The van der Waals surface area contributed by atoms with E-state index in [-0.39, 0.29) is 6.04 Å². The van der Waals surface area contributed by atoms with Crippen molar-refractivity contribution in [2.75, 3.05) is 0 Å². The average Bonchev–Trinajstić information content (AvgIpc) is 2.84. The van der Waals surface area contributed by atoms with Gasteiger partial charge in [-0.25, -0.2) is 0 Å². The van der Waals surface area contributed by atoms with Gasteiger partial charge < -0.3 is 0 Å². The summed E-state index contributed by atoms with van der Waals surface area (Å²) in [6, 6.07) is 2.13. The van der Waals surface area contributed by atoms with Crippen LogP contribution in [0.4, 0.5) is 0 Å². The van der Waals surface area contributed by atoms with Crippen molar-refractivity contribution in [3.05, 3.63) is 32.7 Å². The second-order valence-corrected chi connectivity index (χ2v) is 5.78. The molecule has 7 heteroatoms. The molecular formula is C9H12BrN5S. The Morgan fingerprint density at radius 1 is 1.69 bits per heavy atom. The van der Waals surface area contributed by atoms with Crippen LogP contribution >= 0.6 is 27.3 Å². The molecule has 16 heavy (non-hydrogen) atoms. The fourth-order valence-electron chi connectivity index (χ4n) is 1.48. The number of hydrogen-bond acceptors (Lipinski definition) is 5. The maximum atomic E-state index is 5.55. The first-order chi connectivity index (χ1) is 7.69. The molecule has 0 amide bonds. The first-order valence-corrected chi connectivity index (χ1v) is 6.41. The molecule has 0 fully saturated rings. The van der Waals surface area contributed by atoms with Crippen LogP contribution in [-0.4, -0.2) is 15.0 Å². The van der Waals surface area contributed by atoms with Crippen LogP contribution in [0.15, 0.2) is 21.4 Å². The molecule has 0 aliphatic carbocycles. The third-order valence-electron chi connectivity index (χ3n) is 2.25. The van der Waals surface area contributed by atoms with Crippen molar-refractivity contribution in [1.29, 1.82) is 0 Å². The molecule has 0 spiro atoms. The highest BCUT2D eigenvalue weighted by Crippen LogP contribution is 2.26. The summed E-state index contributed by atoms with van der Waals surface area (Å²) in [5.41, 5.74) is 4.88. The Balaban J connectivity index is 2.12. The van der Waals surface area contributed by atoms with Crippen LogP contribution in [0.3, 0.4) is 0 Å². The zero-order chi connectivity index (χ0) is 11.5. The summed E-state index contributed by atoms with van der Waals surface area (Å²) >= 11 is 5.08. The molecule has 0 bridgehead atoms. The van der Waals surface area contributed by atoms with Crippen molar-refractivity contribution in [2.24, 2.45) is 12.9 Å². The average molecular weight is 302 g/mol. The summed E-state index contributed by atoms with van der Waals surface area (Å²) < 4.78 is 2.79. The van der Waals surface area contributed by atoms with E-state index < -0.39 is 0 Å². The minimum Gasteiger partial charge on any atom is -0.271 e. The van der Waals surface area contributed by atoms with Gasteiger partial charge in [-0.15, -0.1) is 16.4 Å². The number of nitrogens with two attached hydrogens (primary N) is 1. The summed E-state index contributed by atoms with van der Waals surface area (Å²) in [6.07, 6.45) is 2.62. The molecular weight excluding hydrogens is 290 g/mol. The second-order valence-electron chi connectivity index (χ2n) is 3.49. The number of thiophene rings is 1. The smallest absolute Gasteiger partial charge is 0.0846 e. The Labute approximate surface area is 106 Å². The Hall–Kier alpha value is -0.760. The van der Waals surface area contributed by atoms with Crippen LogP contribution < -0.4 is 11.3 Å². The molecule has 1 atom stereocenters. The highest BCUT2D eigenvalue weighted by atomic mass is 79.9. The summed E-state index contributed by atoms with van der Waals surface area (Å²) in [5, 5.41) is 10.0. The maximum absolute atomic E-state index is 5.55. The second kappa shape index (κ2) is 5.05. The highest BCUT2D eigenvalue weighted by molar-refractivity contribution is 9.11. The van der Waals surface area contributed by atoms with Crippen LogP contribution in [0, 0.1) is 0 Å². The van der Waals surface area contributed by atoms with E-state index in [4.69, 9.17) is 5.84 Å². The largest absolute Gasteiger partial charge is 0.271 e. The lowest BCUT2D eigenvalue weighted by molar-refractivity contribution is 0.547. The van der Waals surface area contributed by atoms with Crippen molar-refractivity contribution < 1.29 is 0 Å². The summed E-state index contributed by atoms with van der Waals surface area (Å²) in [6.45, 7) is 0. The van der Waals surface area contributed by atoms with Gasteiger partial charge >= 0.3 is 0 Å². The topological polar surface area (TPSA) is 68.8 Å². The van der Waals surface area contributed by atoms with E-state index in [2.05, 4.69) is 43.1 Å². The SMILES string of the molecule is Cn1cc(CC(NN)c2csc(Br)c2)nn1. The third kappa shape index (κ3) is 2.67. The molecule has 5 nitrogen and oxygen atoms in total. The molecule has 0 aliphatic heterocycles. The van der Waals surface area contributed by atoms with Gasteiger partial charge in [0.1, 0.15) is 0 Å². The predicted octanol–water partition coefficient (Wildman–Crippen LogP) is 1.39. The van der Waals surface area contributed by atoms with E-state index in [1.165, 1.54) is 0 Å². The summed E-state index contributed by atoms with van der Waals surface area (Å²) in [4.78, 5) is 0.